The van der Waals surface area contributed by atoms with Crippen LogP contribution in [0.1, 0.15) is 11.5 Å². The van der Waals surface area contributed by atoms with Crippen LogP contribution in [0.3, 0.4) is 0 Å². The molecule has 0 spiro atoms. The molecule has 2 atom stereocenters. The van der Waals surface area contributed by atoms with Crippen molar-refractivity contribution < 1.29 is 18.7 Å². The van der Waals surface area contributed by atoms with Crippen LogP contribution in [0, 0.1) is 11.6 Å². The summed E-state index contributed by atoms with van der Waals surface area (Å²) in [6.07, 6.45) is -1.14. The fraction of sp³-hybridized carbons (Fsp3) is 0.364. The Morgan fingerprint density at radius 3 is 2.53 bits per heavy atom. The van der Waals surface area contributed by atoms with Gasteiger partial charge in [-0.2, -0.15) is 0 Å². The molecule has 0 saturated carbocycles. The Kier molecular flexibility index (Phi) is 3.23. The number of benzene rings is 1. The zero-order chi connectivity index (χ0) is 12.4. The van der Waals surface area contributed by atoms with Crippen molar-refractivity contribution in [3.8, 4) is 0 Å². The topological polar surface area (TPSA) is 61.4 Å². The first-order valence-electron chi connectivity index (χ1n) is 5.22. The number of carboxylic acid groups (broad SMARTS) is 1. The molecule has 1 aliphatic heterocycles. The van der Waals surface area contributed by atoms with Crippen LogP contribution in [0.4, 0.5) is 13.6 Å². The van der Waals surface area contributed by atoms with Gasteiger partial charge in [0.1, 0.15) is 11.6 Å². The first-order valence-corrected chi connectivity index (χ1v) is 5.22. The van der Waals surface area contributed by atoms with E-state index >= 15 is 0 Å². The van der Waals surface area contributed by atoms with E-state index in [1.54, 1.807) is 0 Å². The summed E-state index contributed by atoms with van der Waals surface area (Å²) in [7, 11) is 0. The minimum atomic E-state index is -1.14. The summed E-state index contributed by atoms with van der Waals surface area (Å²) in [6.45, 7) is 0.947. The van der Waals surface area contributed by atoms with Crippen molar-refractivity contribution >= 4 is 6.09 Å². The quantitative estimate of drug-likeness (QED) is 0.732. The second kappa shape index (κ2) is 4.67. The van der Waals surface area contributed by atoms with E-state index in [1.807, 2.05) is 0 Å². The smallest absolute Gasteiger partial charge is 0.404 e. The maximum atomic E-state index is 13.1. The van der Waals surface area contributed by atoms with Gasteiger partial charge >= 0.3 is 6.09 Å². The molecule has 1 saturated heterocycles. The number of carbonyl (C=O) groups is 1. The molecule has 1 aromatic carbocycles. The molecule has 17 heavy (non-hydrogen) atoms. The van der Waals surface area contributed by atoms with E-state index in [0.717, 1.165) is 6.07 Å². The normalized spacial score (nSPS) is 23.6. The van der Waals surface area contributed by atoms with E-state index in [0.29, 0.717) is 18.7 Å². The molecular formula is C11H12F2N2O2. The highest BCUT2D eigenvalue weighted by Gasteiger charge is 2.30. The second-order valence-corrected chi connectivity index (χ2v) is 4.02. The fourth-order valence-corrected chi connectivity index (χ4v) is 2.13. The predicted octanol–water partition coefficient (Wildman–Crippen LogP) is 1.29. The Morgan fingerprint density at radius 1 is 1.29 bits per heavy atom. The van der Waals surface area contributed by atoms with Crippen LogP contribution in [0.25, 0.3) is 0 Å². The van der Waals surface area contributed by atoms with E-state index in [4.69, 9.17) is 5.11 Å². The van der Waals surface area contributed by atoms with Crippen LogP contribution in [-0.2, 0) is 0 Å². The maximum Gasteiger partial charge on any atom is 0.404 e. The molecule has 1 heterocycles. The summed E-state index contributed by atoms with van der Waals surface area (Å²) in [5.74, 6) is -1.56. The minimum Gasteiger partial charge on any atom is -0.465 e. The Labute approximate surface area is 96.6 Å². The second-order valence-electron chi connectivity index (χ2n) is 4.02. The molecule has 3 N–H and O–H groups in total. The third-order valence-electron chi connectivity index (χ3n) is 2.84. The monoisotopic (exact) mass is 242 g/mol. The first kappa shape index (κ1) is 11.8. The lowest BCUT2D eigenvalue weighted by molar-refractivity contribution is 0.189. The van der Waals surface area contributed by atoms with Gasteiger partial charge in [0.05, 0.1) is 6.04 Å². The van der Waals surface area contributed by atoms with Crippen LogP contribution in [-0.4, -0.2) is 30.3 Å². The number of hydrogen-bond acceptors (Lipinski definition) is 2. The van der Waals surface area contributed by atoms with Crippen molar-refractivity contribution in [3.05, 3.63) is 35.4 Å². The summed E-state index contributed by atoms with van der Waals surface area (Å²) in [6, 6.07) is 2.90. The third-order valence-corrected chi connectivity index (χ3v) is 2.84. The molecule has 4 nitrogen and oxygen atoms in total. The van der Waals surface area contributed by atoms with Crippen molar-refractivity contribution in [1.82, 2.24) is 10.6 Å². The van der Waals surface area contributed by atoms with Crippen molar-refractivity contribution in [2.24, 2.45) is 0 Å². The highest BCUT2D eigenvalue weighted by atomic mass is 19.1. The maximum absolute atomic E-state index is 13.1. The Bertz CT molecular complexity index is 419. The molecule has 6 heteroatoms. The summed E-state index contributed by atoms with van der Waals surface area (Å²) < 4.78 is 26.1. The highest BCUT2D eigenvalue weighted by molar-refractivity contribution is 5.65. The van der Waals surface area contributed by atoms with Gasteiger partial charge in [-0.25, -0.2) is 13.6 Å². The summed E-state index contributed by atoms with van der Waals surface area (Å²) in [4.78, 5) is 10.6. The van der Waals surface area contributed by atoms with Crippen LogP contribution < -0.4 is 10.6 Å². The van der Waals surface area contributed by atoms with Crippen molar-refractivity contribution in [3.63, 3.8) is 0 Å². The van der Waals surface area contributed by atoms with E-state index in [-0.39, 0.29) is 12.0 Å². The van der Waals surface area contributed by atoms with Gasteiger partial charge in [-0.3, -0.25) is 0 Å². The predicted molar refractivity (Wildman–Crippen MR) is 56.9 cm³/mol. The molecule has 1 amide bonds. The van der Waals surface area contributed by atoms with Crippen LogP contribution in [0.15, 0.2) is 18.2 Å². The average molecular weight is 242 g/mol. The Morgan fingerprint density at radius 2 is 1.94 bits per heavy atom. The number of hydrogen-bond donors (Lipinski definition) is 3. The van der Waals surface area contributed by atoms with E-state index in [9.17, 15) is 13.6 Å². The van der Waals surface area contributed by atoms with Crippen LogP contribution in [0.2, 0.25) is 0 Å². The standard InChI is InChI=1S/C11H12F2N2O2/c12-7-1-6(2-8(13)3-7)9-4-14-5-10(9)15-11(16)17/h1-3,9-10,14-15H,4-5H2,(H,16,17)/t9-,10+/m0/s1. The van der Waals surface area contributed by atoms with Crippen molar-refractivity contribution in [2.75, 3.05) is 13.1 Å². The van der Waals surface area contributed by atoms with Crippen LogP contribution >= 0.6 is 0 Å². The molecule has 0 aliphatic carbocycles. The fourth-order valence-electron chi connectivity index (χ4n) is 2.13. The minimum absolute atomic E-state index is 0.253. The Balaban J connectivity index is 2.22. The van der Waals surface area contributed by atoms with Gasteiger partial charge in [0.25, 0.3) is 0 Å². The number of halogens is 2. The Hall–Kier alpha value is -1.69. The molecule has 92 valence electrons. The number of amides is 1. The molecular weight excluding hydrogens is 230 g/mol. The lowest BCUT2D eigenvalue weighted by Crippen LogP contribution is -2.38. The molecule has 1 fully saturated rings. The highest BCUT2D eigenvalue weighted by Crippen LogP contribution is 2.24. The third kappa shape index (κ3) is 2.71. The van der Waals surface area contributed by atoms with E-state index in [1.165, 1.54) is 12.1 Å². The van der Waals surface area contributed by atoms with Gasteiger partial charge in [-0.15, -0.1) is 0 Å². The molecule has 1 aromatic rings. The molecule has 0 radical (unpaired) electrons. The van der Waals surface area contributed by atoms with Gasteiger partial charge < -0.3 is 15.7 Å². The van der Waals surface area contributed by atoms with E-state index in [2.05, 4.69) is 10.6 Å². The zero-order valence-corrected chi connectivity index (χ0v) is 8.91. The molecule has 0 unspecified atom stereocenters. The SMILES string of the molecule is O=C(O)N[C@@H]1CNC[C@H]1c1cc(F)cc(F)c1. The average Bonchev–Trinajstić information content (AvgIpc) is 2.63. The van der Waals surface area contributed by atoms with Gasteiger partial charge in [0.15, 0.2) is 0 Å². The lowest BCUT2D eigenvalue weighted by Gasteiger charge is -2.18. The number of rotatable bonds is 2. The first-order chi connectivity index (χ1) is 8.06. The van der Waals surface area contributed by atoms with E-state index < -0.39 is 17.7 Å². The molecule has 0 bridgehead atoms. The van der Waals surface area contributed by atoms with Crippen LogP contribution in [0.5, 0.6) is 0 Å². The summed E-state index contributed by atoms with van der Waals surface area (Å²) >= 11 is 0. The zero-order valence-electron chi connectivity index (χ0n) is 8.91. The van der Waals surface area contributed by atoms with Gasteiger partial charge in [0, 0.05) is 25.1 Å². The molecule has 2 rings (SSSR count). The summed E-state index contributed by atoms with van der Waals surface area (Å²) in [5, 5.41) is 14.0. The van der Waals surface area contributed by atoms with Gasteiger partial charge in [0.2, 0.25) is 0 Å². The van der Waals surface area contributed by atoms with Crippen molar-refractivity contribution in [2.45, 2.75) is 12.0 Å². The number of nitrogens with one attached hydrogen (secondary N) is 2. The van der Waals surface area contributed by atoms with Gasteiger partial charge in [-0.1, -0.05) is 0 Å². The van der Waals surface area contributed by atoms with Gasteiger partial charge in [-0.05, 0) is 17.7 Å². The summed E-state index contributed by atoms with van der Waals surface area (Å²) in [5.41, 5.74) is 0.464. The molecule has 1 aliphatic rings. The largest absolute Gasteiger partial charge is 0.465 e. The lowest BCUT2D eigenvalue weighted by atomic mass is 9.94. The van der Waals surface area contributed by atoms with Crippen molar-refractivity contribution in [1.29, 1.82) is 0 Å². The molecule has 0 aromatic heterocycles.